The van der Waals surface area contributed by atoms with Crippen molar-refractivity contribution in [1.29, 1.82) is 0 Å². The number of cyclic esters (lactones) is 1. The highest BCUT2D eigenvalue weighted by Crippen LogP contribution is 2.24. The topological polar surface area (TPSA) is 61.8 Å². The van der Waals surface area contributed by atoms with Gasteiger partial charge >= 0.3 is 11.9 Å². The van der Waals surface area contributed by atoms with Crippen molar-refractivity contribution in [2.75, 3.05) is 6.61 Å². The van der Waals surface area contributed by atoms with Gasteiger partial charge in [0.25, 0.3) is 0 Å². The average molecular weight is 368 g/mol. The fourth-order valence-electron chi connectivity index (χ4n) is 2.74. The summed E-state index contributed by atoms with van der Waals surface area (Å²) >= 11 is 0. The number of hydrogen-bond acceptors (Lipinski definition) is 5. The first-order valence-electron chi connectivity index (χ1n) is 9.03. The van der Waals surface area contributed by atoms with Crippen molar-refractivity contribution >= 4 is 11.9 Å². The van der Waals surface area contributed by atoms with Crippen LogP contribution < -0.4 is 4.74 Å². The summed E-state index contributed by atoms with van der Waals surface area (Å²) in [5, 5.41) is 0. The number of carbonyl (C=O) groups excluding carboxylic acids is 2. The van der Waals surface area contributed by atoms with Gasteiger partial charge in [-0.25, -0.2) is 9.59 Å². The lowest BCUT2D eigenvalue weighted by molar-refractivity contribution is -0.145. The lowest BCUT2D eigenvalue weighted by Crippen LogP contribution is -2.22. The van der Waals surface area contributed by atoms with E-state index in [0.717, 1.165) is 11.3 Å². The van der Waals surface area contributed by atoms with Crippen LogP contribution in [0.2, 0.25) is 0 Å². The molecule has 0 aromatic heterocycles. The molecule has 1 fully saturated rings. The van der Waals surface area contributed by atoms with E-state index in [2.05, 4.69) is 32.9 Å². The molecule has 27 heavy (non-hydrogen) atoms. The Bertz CT molecular complexity index is 800. The molecule has 0 amide bonds. The van der Waals surface area contributed by atoms with Gasteiger partial charge in [0.05, 0.1) is 12.2 Å². The van der Waals surface area contributed by atoms with Crippen LogP contribution in [-0.4, -0.2) is 24.6 Å². The summed E-state index contributed by atoms with van der Waals surface area (Å²) in [4.78, 5) is 23.5. The van der Waals surface area contributed by atoms with Crippen molar-refractivity contribution in [3.8, 4) is 5.75 Å². The highest BCUT2D eigenvalue weighted by molar-refractivity contribution is 5.91. The summed E-state index contributed by atoms with van der Waals surface area (Å²) in [6.45, 7) is 7.21. The predicted molar refractivity (Wildman–Crippen MR) is 101 cm³/mol. The molecule has 1 saturated heterocycles. The monoisotopic (exact) mass is 368 g/mol. The van der Waals surface area contributed by atoms with Gasteiger partial charge in [-0.3, -0.25) is 0 Å². The zero-order chi connectivity index (χ0) is 19.4. The van der Waals surface area contributed by atoms with E-state index in [9.17, 15) is 9.59 Å². The number of carbonyl (C=O) groups is 2. The minimum Gasteiger partial charge on any atom is -0.489 e. The highest BCUT2D eigenvalue weighted by atomic mass is 16.6. The fraction of sp³-hybridized carbons (Fsp3) is 0.364. The molecule has 1 aliphatic heterocycles. The predicted octanol–water partition coefficient (Wildman–Crippen LogP) is 4.04. The van der Waals surface area contributed by atoms with E-state index in [-0.39, 0.29) is 5.41 Å². The number of benzene rings is 2. The normalized spacial score (nSPS) is 16.7. The maximum atomic E-state index is 12.1. The summed E-state index contributed by atoms with van der Waals surface area (Å²) in [5.74, 6) is -0.207. The van der Waals surface area contributed by atoms with Crippen LogP contribution >= 0.6 is 0 Å². The average Bonchev–Trinajstić information content (AvgIpc) is 3.04. The van der Waals surface area contributed by atoms with Crippen LogP contribution in [-0.2, 0) is 26.3 Å². The van der Waals surface area contributed by atoms with E-state index >= 15 is 0 Å². The van der Waals surface area contributed by atoms with Crippen LogP contribution in [0.1, 0.15) is 48.7 Å². The SMILES string of the molecule is CC(C)(C)c1ccc(OCc2ccc(C(=O)O[C@H]3CCOC3=O)cc2)cc1. The van der Waals surface area contributed by atoms with E-state index < -0.39 is 18.0 Å². The van der Waals surface area contributed by atoms with Gasteiger partial charge in [0.15, 0.2) is 0 Å². The number of esters is 2. The lowest BCUT2D eigenvalue weighted by Gasteiger charge is -2.19. The molecular weight excluding hydrogens is 344 g/mol. The molecule has 0 unspecified atom stereocenters. The lowest BCUT2D eigenvalue weighted by atomic mass is 9.87. The molecule has 1 aliphatic rings. The maximum Gasteiger partial charge on any atom is 0.347 e. The second kappa shape index (κ2) is 7.82. The van der Waals surface area contributed by atoms with Gasteiger partial charge in [-0.1, -0.05) is 45.0 Å². The van der Waals surface area contributed by atoms with Crippen molar-refractivity contribution in [3.05, 3.63) is 65.2 Å². The first kappa shape index (κ1) is 19.0. The van der Waals surface area contributed by atoms with Gasteiger partial charge in [0.2, 0.25) is 6.10 Å². The zero-order valence-electron chi connectivity index (χ0n) is 15.9. The molecule has 0 saturated carbocycles. The van der Waals surface area contributed by atoms with Crippen molar-refractivity contribution in [3.63, 3.8) is 0 Å². The standard InChI is InChI=1S/C22H24O5/c1-22(2,3)17-8-10-18(11-9-17)26-14-15-4-6-16(7-5-15)20(23)27-19-12-13-25-21(19)24/h4-11,19H,12-14H2,1-3H3/t19-/m0/s1. The van der Waals surface area contributed by atoms with Gasteiger partial charge in [0.1, 0.15) is 12.4 Å². The molecule has 3 rings (SSSR count). The largest absolute Gasteiger partial charge is 0.489 e. The maximum absolute atomic E-state index is 12.1. The molecule has 0 bridgehead atoms. The molecule has 2 aromatic rings. The minimum absolute atomic E-state index is 0.109. The Kier molecular flexibility index (Phi) is 5.49. The van der Waals surface area contributed by atoms with Crippen LogP contribution in [0.25, 0.3) is 0 Å². The first-order chi connectivity index (χ1) is 12.8. The summed E-state index contributed by atoms with van der Waals surface area (Å²) in [5.41, 5.74) is 2.70. The third kappa shape index (κ3) is 4.88. The second-order valence-corrected chi connectivity index (χ2v) is 7.61. The van der Waals surface area contributed by atoms with Gasteiger partial charge in [0, 0.05) is 6.42 Å². The third-order valence-electron chi connectivity index (χ3n) is 4.45. The Labute approximate surface area is 159 Å². The zero-order valence-corrected chi connectivity index (χ0v) is 15.9. The van der Waals surface area contributed by atoms with E-state index in [0.29, 0.717) is 25.2 Å². The number of rotatable bonds is 5. The molecule has 142 valence electrons. The summed E-state index contributed by atoms with van der Waals surface area (Å²) < 4.78 is 15.8. The van der Waals surface area contributed by atoms with Gasteiger partial charge in [-0.15, -0.1) is 0 Å². The Morgan fingerprint density at radius 1 is 1.07 bits per heavy atom. The van der Waals surface area contributed by atoms with Crippen molar-refractivity contribution < 1.29 is 23.8 Å². The van der Waals surface area contributed by atoms with Gasteiger partial charge in [-0.2, -0.15) is 0 Å². The smallest absolute Gasteiger partial charge is 0.347 e. The Hall–Kier alpha value is -2.82. The highest BCUT2D eigenvalue weighted by Gasteiger charge is 2.30. The number of ether oxygens (including phenoxy) is 3. The van der Waals surface area contributed by atoms with E-state index in [1.54, 1.807) is 12.1 Å². The van der Waals surface area contributed by atoms with Crippen LogP contribution in [0.15, 0.2) is 48.5 Å². The minimum atomic E-state index is -0.795. The van der Waals surface area contributed by atoms with Crippen LogP contribution in [0.5, 0.6) is 5.75 Å². The molecule has 5 nitrogen and oxygen atoms in total. The fourth-order valence-corrected chi connectivity index (χ4v) is 2.74. The molecule has 5 heteroatoms. The molecule has 0 N–H and O–H groups in total. The van der Waals surface area contributed by atoms with Crippen molar-refractivity contribution in [2.45, 2.75) is 45.3 Å². The molecule has 1 atom stereocenters. The Balaban J connectivity index is 1.54. The molecule has 0 radical (unpaired) electrons. The van der Waals surface area contributed by atoms with E-state index in [1.165, 1.54) is 5.56 Å². The van der Waals surface area contributed by atoms with Crippen LogP contribution in [0, 0.1) is 0 Å². The van der Waals surface area contributed by atoms with Gasteiger partial charge in [-0.05, 0) is 40.8 Å². The summed E-state index contributed by atoms with van der Waals surface area (Å²) in [7, 11) is 0. The van der Waals surface area contributed by atoms with Crippen molar-refractivity contribution in [2.24, 2.45) is 0 Å². The Morgan fingerprint density at radius 2 is 1.74 bits per heavy atom. The molecule has 0 spiro atoms. The Morgan fingerprint density at radius 3 is 2.30 bits per heavy atom. The van der Waals surface area contributed by atoms with E-state index in [4.69, 9.17) is 14.2 Å². The van der Waals surface area contributed by atoms with Crippen LogP contribution in [0.4, 0.5) is 0 Å². The third-order valence-corrected chi connectivity index (χ3v) is 4.45. The summed E-state index contributed by atoms with van der Waals surface area (Å²) in [6, 6.07) is 15.0. The molecule has 1 heterocycles. The number of hydrogen-bond donors (Lipinski definition) is 0. The molecule has 0 aliphatic carbocycles. The van der Waals surface area contributed by atoms with Crippen molar-refractivity contribution in [1.82, 2.24) is 0 Å². The quantitative estimate of drug-likeness (QED) is 0.746. The van der Waals surface area contributed by atoms with E-state index in [1.807, 2.05) is 24.3 Å². The van der Waals surface area contributed by atoms with Gasteiger partial charge < -0.3 is 14.2 Å². The first-order valence-corrected chi connectivity index (χ1v) is 9.03. The molecular formula is C22H24O5. The summed E-state index contributed by atoms with van der Waals surface area (Å²) in [6.07, 6.45) is -0.388. The van der Waals surface area contributed by atoms with Crippen LogP contribution in [0.3, 0.4) is 0 Å². The molecule has 2 aromatic carbocycles. The second-order valence-electron chi connectivity index (χ2n) is 7.61.